The number of carboxylic acids is 1. The Morgan fingerprint density at radius 2 is 2.04 bits per heavy atom. The highest BCUT2D eigenvalue weighted by Crippen LogP contribution is 2.12. The summed E-state index contributed by atoms with van der Waals surface area (Å²) in [4.78, 5) is 26.3. The number of carbonyl (C=O) groups excluding carboxylic acids is 1. The molecular formula is C16H17FN2O4S. The highest BCUT2D eigenvalue weighted by molar-refractivity contribution is 7.09. The van der Waals surface area contributed by atoms with Gasteiger partial charge in [0, 0.05) is 24.8 Å². The standard InChI is InChI=1S/C16H17FN2O4S/c17-11-3-5-12(6-4-11)23-9-1-2-14(20)18-8-7-15-19-13(10-24-15)16(21)22/h3-6,10H,1-2,7-9H2,(H,18,20)(H,21,22). The molecule has 2 aromatic rings. The van der Waals surface area contributed by atoms with Crippen molar-refractivity contribution in [2.45, 2.75) is 19.3 Å². The van der Waals surface area contributed by atoms with E-state index >= 15 is 0 Å². The van der Waals surface area contributed by atoms with Gasteiger partial charge < -0.3 is 15.2 Å². The molecule has 8 heteroatoms. The van der Waals surface area contributed by atoms with Crippen molar-refractivity contribution < 1.29 is 23.8 Å². The Morgan fingerprint density at radius 1 is 1.29 bits per heavy atom. The van der Waals surface area contributed by atoms with Crippen LogP contribution in [0.1, 0.15) is 28.3 Å². The van der Waals surface area contributed by atoms with Gasteiger partial charge in [-0.05, 0) is 30.7 Å². The molecule has 0 fully saturated rings. The molecule has 0 radical (unpaired) electrons. The second-order valence-corrected chi connectivity index (χ2v) is 5.88. The number of aromatic nitrogens is 1. The lowest BCUT2D eigenvalue weighted by Gasteiger charge is -2.06. The number of hydrogen-bond donors (Lipinski definition) is 2. The zero-order valence-electron chi connectivity index (χ0n) is 12.8. The first-order chi connectivity index (χ1) is 11.5. The molecule has 0 saturated heterocycles. The van der Waals surface area contributed by atoms with Crippen molar-refractivity contribution in [1.29, 1.82) is 0 Å². The number of rotatable bonds is 9. The third-order valence-electron chi connectivity index (χ3n) is 3.06. The molecule has 6 nitrogen and oxygen atoms in total. The van der Waals surface area contributed by atoms with Crippen LogP contribution in [0.15, 0.2) is 29.6 Å². The van der Waals surface area contributed by atoms with Gasteiger partial charge >= 0.3 is 5.97 Å². The van der Waals surface area contributed by atoms with Crippen molar-refractivity contribution in [3.05, 3.63) is 46.2 Å². The number of carboxylic acid groups (broad SMARTS) is 1. The summed E-state index contributed by atoms with van der Waals surface area (Å²) in [6, 6.07) is 5.70. The van der Waals surface area contributed by atoms with E-state index in [0.29, 0.717) is 43.2 Å². The Labute approximate surface area is 142 Å². The van der Waals surface area contributed by atoms with Gasteiger partial charge in [0.2, 0.25) is 5.91 Å². The highest BCUT2D eigenvalue weighted by atomic mass is 32.1. The summed E-state index contributed by atoms with van der Waals surface area (Å²) >= 11 is 1.26. The van der Waals surface area contributed by atoms with Crippen molar-refractivity contribution >= 4 is 23.2 Å². The Morgan fingerprint density at radius 3 is 2.71 bits per heavy atom. The first-order valence-electron chi connectivity index (χ1n) is 7.37. The summed E-state index contributed by atoms with van der Waals surface area (Å²) in [5.41, 5.74) is 0.0271. The predicted molar refractivity (Wildman–Crippen MR) is 86.9 cm³/mol. The second kappa shape index (κ2) is 8.97. The maximum absolute atomic E-state index is 12.7. The van der Waals surface area contributed by atoms with Gasteiger partial charge in [-0.3, -0.25) is 4.79 Å². The number of thiazole rings is 1. The number of amides is 1. The topological polar surface area (TPSA) is 88.5 Å². The minimum absolute atomic E-state index is 0.0271. The van der Waals surface area contributed by atoms with Crippen LogP contribution < -0.4 is 10.1 Å². The van der Waals surface area contributed by atoms with Crippen LogP contribution in [-0.2, 0) is 11.2 Å². The number of hydrogen-bond acceptors (Lipinski definition) is 5. The van der Waals surface area contributed by atoms with Gasteiger partial charge in [0.25, 0.3) is 0 Å². The van der Waals surface area contributed by atoms with Gasteiger partial charge in [-0.15, -0.1) is 11.3 Å². The largest absolute Gasteiger partial charge is 0.494 e. The fraction of sp³-hybridized carbons (Fsp3) is 0.312. The van der Waals surface area contributed by atoms with E-state index in [9.17, 15) is 14.0 Å². The number of nitrogens with zero attached hydrogens (tertiary/aromatic N) is 1. The van der Waals surface area contributed by atoms with Gasteiger partial charge in [-0.1, -0.05) is 0 Å². The van der Waals surface area contributed by atoms with Crippen molar-refractivity contribution in [3.8, 4) is 5.75 Å². The Bertz CT molecular complexity index is 688. The number of ether oxygens (including phenoxy) is 1. The molecule has 0 bridgehead atoms. The van der Waals surface area contributed by atoms with E-state index in [0.717, 1.165) is 0 Å². The lowest BCUT2D eigenvalue weighted by molar-refractivity contribution is -0.121. The van der Waals surface area contributed by atoms with E-state index in [2.05, 4.69) is 10.3 Å². The molecule has 0 aliphatic heterocycles. The van der Waals surface area contributed by atoms with Gasteiger partial charge in [0.1, 0.15) is 11.6 Å². The average molecular weight is 352 g/mol. The molecule has 1 aromatic heterocycles. The molecule has 128 valence electrons. The number of carbonyl (C=O) groups is 2. The summed E-state index contributed by atoms with van der Waals surface area (Å²) in [6.07, 6.45) is 1.36. The molecular weight excluding hydrogens is 335 g/mol. The van der Waals surface area contributed by atoms with Crippen LogP contribution in [0.5, 0.6) is 5.75 Å². The molecule has 0 unspecified atom stereocenters. The maximum atomic E-state index is 12.7. The Balaban J connectivity index is 1.57. The van der Waals surface area contributed by atoms with Gasteiger partial charge in [0.15, 0.2) is 5.69 Å². The number of benzene rings is 1. The summed E-state index contributed by atoms with van der Waals surface area (Å²) in [6.45, 7) is 0.776. The summed E-state index contributed by atoms with van der Waals surface area (Å²) in [7, 11) is 0. The third kappa shape index (κ3) is 5.96. The third-order valence-corrected chi connectivity index (χ3v) is 3.97. The molecule has 1 aromatic carbocycles. The van der Waals surface area contributed by atoms with Crippen molar-refractivity contribution in [2.24, 2.45) is 0 Å². The SMILES string of the molecule is O=C(CCCOc1ccc(F)cc1)NCCc1nc(C(=O)O)cs1. The zero-order chi connectivity index (χ0) is 17.4. The first-order valence-corrected chi connectivity index (χ1v) is 8.25. The number of nitrogens with one attached hydrogen (secondary N) is 1. The monoisotopic (exact) mass is 352 g/mol. The smallest absolute Gasteiger partial charge is 0.355 e. The van der Waals surface area contributed by atoms with Crippen LogP contribution in [0.25, 0.3) is 0 Å². The number of halogens is 1. The van der Waals surface area contributed by atoms with Crippen LogP contribution in [0.4, 0.5) is 4.39 Å². The fourth-order valence-electron chi connectivity index (χ4n) is 1.87. The molecule has 0 aliphatic rings. The van der Waals surface area contributed by atoms with Crippen LogP contribution in [0.3, 0.4) is 0 Å². The van der Waals surface area contributed by atoms with E-state index in [-0.39, 0.29) is 17.4 Å². The molecule has 0 saturated carbocycles. The van der Waals surface area contributed by atoms with E-state index in [1.54, 1.807) is 0 Å². The molecule has 0 atom stereocenters. The molecule has 1 amide bonds. The summed E-state index contributed by atoms with van der Waals surface area (Å²) < 4.78 is 18.1. The number of aromatic carboxylic acids is 1. The van der Waals surface area contributed by atoms with Crippen LogP contribution in [0, 0.1) is 5.82 Å². The summed E-state index contributed by atoms with van der Waals surface area (Å²) in [5, 5.41) is 13.7. The van der Waals surface area contributed by atoms with Crippen molar-refractivity contribution in [2.75, 3.05) is 13.2 Å². The highest BCUT2D eigenvalue weighted by Gasteiger charge is 2.08. The van der Waals surface area contributed by atoms with Gasteiger partial charge in [-0.2, -0.15) is 0 Å². The van der Waals surface area contributed by atoms with E-state index < -0.39 is 5.97 Å². The second-order valence-electron chi connectivity index (χ2n) is 4.94. The minimum Gasteiger partial charge on any atom is -0.494 e. The zero-order valence-corrected chi connectivity index (χ0v) is 13.6. The van der Waals surface area contributed by atoms with E-state index in [4.69, 9.17) is 9.84 Å². The molecule has 0 aliphatic carbocycles. The lowest BCUT2D eigenvalue weighted by atomic mass is 10.3. The predicted octanol–water partition coefficient (Wildman–Crippen LogP) is 2.50. The molecule has 2 rings (SSSR count). The van der Waals surface area contributed by atoms with E-state index in [1.165, 1.54) is 41.0 Å². The summed E-state index contributed by atoms with van der Waals surface area (Å²) in [5.74, 6) is -0.914. The molecule has 0 spiro atoms. The van der Waals surface area contributed by atoms with Crippen LogP contribution in [-0.4, -0.2) is 35.1 Å². The van der Waals surface area contributed by atoms with Crippen LogP contribution in [0.2, 0.25) is 0 Å². The minimum atomic E-state index is -1.05. The fourth-order valence-corrected chi connectivity index (χ4v) is 2.65. The Kier molecular flexibility index (Phi) is 6.68. The molecule has 2 N–H and O–H groups in total. The Hall–Kier alpha value is -2.48. The van der Waals surface area contributed by atoms with Crippen molar-refractivity contribution in [3.63, 3.8) is 0 Å². The molecule has 24 heavy (non-hydrogen) atoms. The maximum Gasteiger partial charge on any atom is 0.355 e. The van der Waals surface area contributed by atoms with Crippen molar-refractivity contribution in [1.82, 2.24) is 10.3 Å². The normalized spacial score (nSPS) is 10.4. The van der Waals surface area contributed by atoms with E-state index in [1.807, 2.05) is 0 Å². The molecule has 1 heterocycles. The quantitative estimate of drug-likeness (QED) is 0.677. The van der Waals surface area contributed by atoms with Crippen LogP contribution >= 0.6 is 11.3 Å². The lowest BCUT2D eigenvalue weighted by Crippen LogP contribution is -2.25. The average Bonchev–Trinajstić information content (AvgIpc) is 3.02. The first kappa shape index (κ1) is 17.9. The van der Waals surface area contributed by atoms with Gasteiger partial charge in [-0.25, -0.2) is 14.2 Å². The van der Waals surface area contributed by atoms with Gasteiger partial charge in [0.05, 0.1) is 11.6 Å².